The van der Waals surface area contributed by atoms with Gasteiger partial charge in [0.05, 0.1) is 19.0 Å². The normalized spacial score (nSPS) is 28.2. The number of piperidine rings is 1. The second-order valence-corrected chi connectivity index (χ2v) is 7.72. The molecule has 6 nitrogen and oxygen atoms in total. The Morgan fingerprint density at radius 1 is 1.18 bits per heavy atom. The zero-order valence-electron chi connectivity index (χ0n) is 30.7. The fourth-order valence-corrected chi connectivity index (χ4v) is 3.45. The van der Waals surface area contributed by atoms with Gasteiger partial charge < -0.3 is 20.1 Å². The fourth-order valence-electron chi connectivity index (χ4n) is 3.45. The molecule has 3 rings (SSSR count). The molecule has 1 fully saturated rings. The van der Waals surface area contributed by atoms with Crippen molar-refractivity contribution < 1.29 is 35.9 Å². The Labute approximate surface area is 213 Å². The predicted molar refractivity (Wildman–Crippen MR) is 131 cm³/mol. The van der Waals surface area contributed by atoms with E-state index in [0.29, 0.717) is 0 Å². The maximum absolute atomic E-state index is 13.6. The summed E-state index contributed by atoms with van der Waals surface area (Å²) >= 11 is 0. The first-order chi connectivity index (χ1) is 20.4. The van der Waals surface area contributed by atoms with Gasteiger partial charge in [0.1, 0.15) is 11.3 Å². The Morgan fingerprint density at radius 2 is 1.91 bits per heavy atom. The molecule has 0 radical (unpaired) electrons. The number of hydrogen-bond donors (Lipinski definition) is 2. The average Bonchev–Trinajstić information content (AvgIpc) is 2.91. The van der Waals surface area contributed by atoms with Gasteiger partial charge in [-0.1, -0.05) is 38.1 Å². The van der Waals surface area contributed by atoms with Crippen molar-refractivity contribution in [2.24, 2.45) is 5.92 Å². The number of carbonyl (C=O) groups is 2. The summed E-state index contributed by atoms with van der Waals surface area (Å²) in [6.07, 6.45) is -13.4. The van der Waals surface area contributed by atoms with Crippen LogP contribution in [0.15, 0.2) is 42.5 Å². The number of hydrogen-bond acceptors (Lipinski definition) is 4. The average molecular weight is 465 g/mol. The van der Waals surface area contributed by atoms with Gasteiger partial charge in [-0.05, 0) is 67.7 Å². The van der Waals surface area contributed by atoms with Crippen LogP contribution in [0.2, 0.25) is 0 Å². The molecule has 2 aromatic carbocycles. The molecule has 1 heterocycles. The molecular weight excluding hydrogens is 416 g/mol. The van der Waals surface area contributed by atoms with Crippen molar-refractivity contribution >= 4 is 17.6 Å². The maximum Gasteiger partial charge on any atom is 0.339 e. The highest BCUT2D eigenvalue weighted by atomic mass is 16.5. The van der Waals surface area contributed by atoms with Gasteiger partial charge >= 0.3 is 5.97 Å². The van der Waals surface area contributed by atoms with E-state index in [4.69, 9.17) is 21.2 Å². The largest absolute Gasteiger partial charge is 0.493 e. The number of amides is 1. The minimum atomic E-state index is -3.61. The molecule has 1 aliphatic rings. The number of nitrogens with zero attached hydrogens (tertiary/aromatic N) is 1. The number of ether oxygens (including phenoxy) is 1. The molecule has 0 unspecified atom stereocenters. The van der Waals surface area contributed by atoms with Gasteiger partial charge in [0.2, 0.25) is 5.91 Å². The zero-order valence-corrected chi connectivity index (χ0v) is 18.7. The topological polar surface area (TPSA) is 78.9 Å². The van der Waals surface area contributed by atoms with Crippen molar-refractivity contribution in [3.63, 3.8) is 0 Å². The Morgan fingerprint density at radius 3 is 2.58 bits per heavy atom. The van der Waals surface area contributed by atoms with E-state index >= 15 is 0 Å². The molecule has 2 N–H and O–H groups in total. The van der Waals surface area contributed by atoms with Crippen LogP contribution < -0.4 is 15.0 Å². The van der Waals surface area contributed by atoms with Crippen molar-refractivity contribution in [3.8, 4) is 5.75 Å². The fraction of sp³-hybridized carbons (Fsp3) is 0.481. The number of benzene rings is 2. The van der Waals surface area contributed by atoms with Gasteiger partial charge in [-0.2, -0.15) is 0 Å². The van der Waals surface area contributed by atoms with Crippen molar-refractivity contribution in [1.82, 2.24) is 5.32 Å². The van der Waals surface area contributed by atoms with Gasteiger partial charge in [0.15, 0.2) is 0 Å². The summed E-state index contributed by atoms with van der Waals surface area (Å²) < 4.78 is 107. The van der Waals surface area contributed by atoms with Gasteiger partial charge in [0.25, 0.3) is 0 Å². The lowest BCUT2D eigenvalue weighted by Crippen LogP contribution is -2.34. The van der Waals surface area contributed by atoms with Gasteiger partial charge in [-0.15, -0.1) is 0 Å². The first-order valence-electron chi connectivity index (χ1n) is 16.6. The smallest absolute Gasteiger partial charge is 0.339 e. The van der Waals surface area contributed by atoms with Crippen LogP contribution in [-0.2, 0) is 11.2 Å². The van der Waals surface area contributed by atoms with E-state index in [1.807, 2.05) is 0 Å². The minimum absolute atomic E-state index is 0.00777. The van der Waals surface area contributed by atoms with Crippen LogP contribution in [0.4, 0.5) is 5.69 Å². The van der Waals surface area contributed by atoms with Crippen LogP contribution in [0.25, 0.3) is 0 Å². The molecule has 0 bridgehead atoms. The molecule has 6 heteroatoms. The number of carboxylic acids is 1. The lowest BCUT2D eigenvalue weighted by molar-refractivity contribution is -0.121. The van der Waals surface area contributed by atoms with E-state index in [2.05, 4.69) is 5.32 Å². The summed E-state index contributed by atoms with van der Waals surface area (Å²) in [6, 6.07) is 7.62. The molecule has 1 aliphatic heterocycles. The molecule has 1 amide bonds. The number of carbonyl (C=O) groups excluding carboxylic acids is 1. The summed E-state index contributed by atoms with van der Waals surface area (Å²) in [6.45, 7) is -1.68. The summed E-state index contributed by atoms with van der Waals surface area (Å²) in [5, 5.41) is 12.0. The van der Waals surface area contributed by atoms with E-state index in [1.165, 1.54) is 24.3 Å². The number of rotatable bonds is 10. The Hall–Kier alpha value is -3.02. The van der Waals surface area contributed by atoms with Crippen LogP contribution in [0.1, 0.15) is 90.3 Å². The summed E-state index contributed by atoms with van der Waals surface area (Å²) in [4.78, 5) is 25.4. The lowest BCUT2D eigenvalue weighted by atomic mass is 9.94. The second kappa shape index (κ2) is 11.7. The second-order valence-electron chi connectivity index (χ2n) is 7.72. The number of carboxylic acid groups (broad SMARTS) is 1. The summed E-state index contributed by atoms with van der Waals surface area (Å²) in [5.74, 6) is -2.83. The SMILES string of the molecule is [2H]C([2H])(C(=O)N[C@@H](CC(C)C)c1ccccc1N1C([2H])([2H])C([2H])([2H])C([2H])([2H])C([2H])([2H])C1([2H])[2H])c1ccc(C(=O)O)c(OCC)c1. The van der Waals surface area contributed by atoms with Gasteiger partial charge in [0, 0.05) is 35.1 Å². The Balaban J connectivity index is 2.16. The first kappa shape index (κ1) is 13.0. The van der Waals surface area contributed by atoms with Crippen LogP contribution in [0.5, 0.6) is 5.75 Å². The monoisotopic (exact) mass is 464 g/mol. The van der Waals surface area contributed by atoms with Crippen molar-refractivity contribution in [2.75, 3.05) is 24.5 Å². The summed E-state index contributed by atoms with van der Waals surface area (Å²) in [5.41, 5.74) is -0.824. The minimum Gasteiger partial charge on any atom is -0.493 e. The van der Waals surface area contributed by atoms with E-state index in [-0.39, 0.29) is 52.0 Å². The molecule has 0 saturated carbocycles. The third kappa shape index (κ3) is 6.73. The van der Waals surface area contributed by atoms with E-state index in [9.17, 15) is 14.7 Å². The highest BCUT2D eigenvalue weighted by Gasteiger charge is 2.23. The maximum atomic E-state index is 13.6. The number of anilines is 1. The van der Waals surface area contributed by atoms with Crippen LogP contribution in [0, 0.1) is 5.92 Å². The Bertz CT molecular complexity index is 1420. The molecule has 0 aliphatic carbocycles. The van der Waals surface area contributed by atoms with Crippen molar-refractivity contribution in [2.45, 2.75) is 58.7 Å². The lowest BCUT2D eigenvalue weighted by Gasteiger charge is -2.33. The van der Waals surface area contributed by atoms with Crippen molar-refractivity contribution in [1.29, 1.82) is 0 Å². The number of aromatic carboxylic acids is 1. The van der Waals surface area contributed by atoms with Crippen LogP contribution >= 0.6 is 0 Å². The third-order valence-corrected chi connectivity index (χ3v) is 4.80. The summed E-state index contributed by atoms with van der Waals surface area (Å²) in [7, 11) is 0. The molecule has 0 aromatic heterocycles. The van der Waals surface area contributed by atoms with Gasteiger partial charge in [-0.25, -0.2) is 4.79 Å². The van der Waals surface area contributed by atoms with E-state index in [0.717, 1.165) is 18.2 Å². The molecule has 178 valence electrons. The Kier molecular flexibility index (Phi) is 4.63. The standard InChI is InChI=1S/C27H36N2O4/c1-4-33-25-17-20(12-13-22(25)27(31)32)18-26(30)28-23(16-19(2)3)21-10-6-7-11-24(21)29-14-8-5-9-15-29/h6-7,10-13,17,19,23H,4-5,8-9,14-16,18H2,1-3H3,(H,28,30)(H,31,32)/t23-/m0/s1/i5D2,8D2,9D2,14D2,15D2,18D2. The molecule has 1 atom stereocenters. The first-order valence-corrected chi connectivity index (χ1v) is 10.6. The van der Waals surface area contributed by atoms with Crippen LogP contribution in [-0.4, -0.2) is 36.6 Å². The molecule has 1 saturated heterocycles. The predicted octanol–water partition coefficient (Wildman–Crippen LogP) is 5.22. The zero-order chi connectivity index (χ0) is 34.6. The van der Waals surface area contributed by atoms with Gasteiger partial charge in [-0.3, -0.25) is 4.79 Å². The molecule has 0 spiro atoms. The quantitative estimate of drug-likeness (QED) is 0.504. The molecule has 2 aromatic rings. The molecule has 33 heavy (non-hydrogen) atoms. The van der Waals surface area contributed by atoms with Crippen molar-refractivity contribution in [3.05, 3.63) is 59.2 Å². The van der Waals surface area contributed by atoms with E-state index < -0.39 is 56.4 Å². The van der Waals surface area contributed by atoms with E-state index in [1.54, 1.807) is 20.8 Å². The highest BCUT2D eigenvalue weighted by molar-refractivity contribution is 5.91. The third-order valence-electron chi connectivity index (χ3n) is 4.80. The number of para-hydroxylation sites is 1. The number of nitrogens with one attached hydrogen (secondary N) is 1. The van der Waals surface area contributed by atoms with Crippen LogP contribution in [0.3, 0.4) is 0 Å². The highest BCUT2D eigenvalue weighted by Crippen LogP contribution is 2.32. The molecular formula is C27H36N2O4.